The number of anilines is 2. The van der Waals surface area contributed by atoms with E-state index in [1.165, 1.54) is 0 Å². The first-order valence-corrected chi connectivity index (χ1v) is 8.11. The summed E-state index contributed by atoms with van der Waals surface area (Å²) in [6.07, 6.45) is 1.42. The van der Waals surface area contributed by atoms with Crippen LogP contribution in [0.3, 0.4) is 0 Å². The molecule has 0 radical (unpaired) electrons. The number of sulfone groups is 1. The summed E-state index contributed by atoms with van der Waals surface area (Å²) >= 11 is 0. The van der Waals surface area contributed by atoms with E-state index < -0.39 is 9.84 Å². The van der Waals surface area contributed by atoms with Crippen molar-refractivity contribution >= 4 is 27.1 Å². The Morgan fingerprint density at radius 3 is 2.58 bits per heavy atom. The Morgan fingerprint density at radius 2 is 1.95 bits per heavy atom. The molecule has 0 bridgehead atoms. The minimum absolute atomic E-state index is 0.0413. The number of hydrogen-bond acceptors (Lipinski definition) is 4. The van der Waals surface area contributed by atoms with Crippen molar-refractivity contribution in [3.8, 4) is 0 Å². The molecule has 5 nitrogen and oxygen atoms in total. The maximum Gasteiger partial charge on any atom is 0.225 e. The van der Waals surface area contributed by atoms with Crippen LogP contribution in [0.15, 0.2) is 24.3 Å². The number of carbonyl (C=O) groups excluding carboxylic acids is 1. The summed E-state index contributed by atoms with van der Waals surface area (Å²) in [7, 11) is -3.13. The maximum atomic E-state index is 11.7. The van der Waals surface area contributed by atoms with E-state index in [-0.39, 0.29) is 23.8 Å². The third kappa shape index (κ3) is 5.74. The lowest BCUT2D eigenvalue weighted by Gasteiger charge is -2.08. The lowest BCUT2D eigenvalue weighted by Crippen LogP contribution is -2.19. The SMILES string of the molecule is CCCCS(=O)(=O)CCC(=O)Nc1ccccc1N. The molecule has 0 aromatic heterocycles. The van der Waals surface area contributed by atoms with Crippen LogP contribution >= 0.6 is 0 Å². The highest BCUT2D eigenvalue weighted by Crippen LogP contribution is 2.16. The van der Waals surface area contributed by atoms with Gasteiger partial charge in [0.1, 0.15) is 0 Å². The van der Waals surface area contributed by atoms with Crippen LogP contribution in [0.5, 0.6) is 0 Å². The zero-order valence-electron chi connectivity index (χ0n) is 11.1. The van der Waals surface area contributed by atoms with Crippen LogP contribution < -0.4 is 11.1 Å². The molecule has 3 N–H and O–H groups in total. The summed E-state index contributed by atoms with van der Waals surface area (Å²) < 4.78 is 23.2. The number of amides is 1. The van der Waals surface area contributed by atoms with Gasteiger partial charge in [-0.3, -0.25) is 4.79 Å². The van der Waals surface area contributed by atoms with Crippen molar-refractivity contribution in [2.75, 3.05) is 22.6 Å². The van der Waals surface area contributed by atoms with Crippen molar-refractivity contribution in [2.24, 2.45) is 0 Å². The average Bonchev–Trinajstić information content (AvgIpc) is 2.37. The first kappa shape index (κ1) is 15.5. The van der Waals surface area contributed by atoms with Gasteiger partial charge in [-0.2, -0.15) is 0 Å². The first-order chi connectivity index (χ1) is 8.94. The van der Waals surface area contributed by atoms with Crippen molar-refractivity contribution in [2.45, 2.75) is 26.2 Å². The lowest BCUT2D eigenvalue weighted by molar-refractivity contribution is -0.115. The van der Waals surface area contributed by atoms with Crippen molar-refractivity contribution in [1.29, 1.82) is 0 Å². The normalized spacial score (nSPS) is 11.2. The Kier molecular flexibility index (Phi) is 5.82. The van der Waals surface area contributed by atoms with E-state index in [1.54, 1.807) is 24.3 Å². The summed E-state index contributed by atoms with van der Waals surface area (Å²) in [6.45, 7) is 1.93. The van der Waals surface area contributed by atoms with E-state index in [1.807, 2.05) is 6.92 Å². The standard InChI is InChI=1S/C13H20N2O3S/c1-2-3-9-19(17,18)10-8-13(16)15-12-7-5-4-6-11(12)14/h4-7H,2-3,8-10,14H2,1H3,(H,15,16). The summed E-state index contributed by atoms with van der Waals surface area (Å²) in [5.74, 6) is -0.312. The minimum atomic E-state index is -3.13. The van der Waals surface area contributed by atoms with Gasteiger partial charge in [-0.05, 0) is 18.6 Å². The molecule has 0 spiro atoms. The smallest absolute Gasteiger partial charge is 0.225 e. The molecule has 0 fully saturated rings. The number of nitrogen functional groups attached to an aromatic ring is 1. The predicted octanol–water partition coefficient (Wildman–Crippen LogP) is 1.81. The lowest BCUT2D eigenvalue weighted by atomic mass is 10.2. The average molecular weight is 284 g/mol. The summed E-state index contributed by atoms with van der Waals surface area (Å²) in [5.41, 5.74) is 6.66. The molecule has 0 aliphatic carbocycles. The van der Waals surface area contributed by atoms with Crippen LogP contribution in [-0.4, -0.2) is 25.8 Å². The Balaban J connectivity index is 2.47. The molecular weight excluding hydrogens is 264 g/mol. The third-order valence-electron chi connectivity index (χ3n) is 2.68. The number of para-hydroxylation sites is 2. The molecule has 0 saturated carbocycles. The summed E-state index contributed by atoms with van der Waals surface area (Å²) in [5, 5.41) is 2.61. The first-order valence-electron chi connectivity index (χ1n) is 6.29. The minimum Gasteiger partial charge on any atom is -0.397 e. The quantitative estimate of drug-likeness (QED) is 0.747. The van der Waals surface area contributed by atoms with Crippen LogP contribution in [0.2, 0.25) is 0 Å². The predicted molar refractivity (Wildman–Crippen MR) is 77.7 cm³/mol. The second-order valence-corrected chi connectivity index (χ2v) is 6.69. The highest BCUT2D eigenvalue weighted by atomic mass is 32.2. The molecule has 0 unspecified atom stereocenters. The molecule has 0 saturated heterocycles. The highest BCUT2D eigenvalue weighted by Gasteiger charge is 2.13. The Bertz CT molecular complexity index is 526. The van der Waals surface area contributed by atoms with Gasteiger partial charge in [-0.1, -0.05) is 25.5 Å². The van der Waals surface area contributed by atoms with Crippen LogP contribution in [-0.2, 0) is 14.6 Å². The van der Waals surface area contributed by atoms with Crippen molar-refractivity contribution < 1.29 is 13.2 Å². The topological polar surface area (TPSA) is 89.3 Å². The fourth-order valence-corrected chi connectivity index (χ4v) is 2.97. The van der Waals surface area contributed by atoms with Crippen LogP contribution in [0, 0.1) is 0 Å². The zero-order chi connectivity index (χ0) is 14.3. The molecule has 1 rings (SSSR count). The van der Waals surface area contributed by atoms with Crippen LogP contribution in [0.25, 0.3) is 0 Å². The van der Waals surface area contributed by atoms with E-state index >= 15 is 0 Å². The number of benzene rings is 1. The van der Waals surface area contributed by atoms with Gasteiger partial charge in [0, 0.05) is 6.42 Å². The van der Waals surface area contributed by atoms with Gasteiger partial charge in [0.15, 0.2) is 9.84 Å². The largest absolute Gasteiger partial charge is 0.397 e. The van der Waals surface area contributed by atoms with Crippen molar-refractivity contribution in [3.05, 3.63) is 24.3 Å². The van der Waals surface area contributed by atoms with E-state index in [0.29, 0.717) is 17.8 Å². The molecule has 19 heavy (non-hydrogen) atoms. The molecule has 1 aromatic carbocycles. The number of rotatable bonds is 7. The van der Waals surface area contributed by atoms with E-state index in [0.717, 1.165) is 6.42 Å². The van der Waals surface area contributed by atoms with E-state index in [9.17, 15) is 13.2 Å². The molecular formula is C13H20N2O3S. The number of carbonyl (C=O) groups is 1. The van der Waals surface area contributed by atoms with Gasteiger partial charge in [-0.15, -0.1) is 0 Å². The monoisotopic (exact) mass is 284 g/mol. The van der Waals surface area contributed by atoms with Gasteiger partial charge in [0.2, 0.25) is 5.91 Å². The number of hydrogen-bond donors (Lipinski definition) is 2. The van der Waals surface area contributed by atoms with E-state index in [4.69, 9.17) is 5.73 Å². The molecule has 0 atom stereocenters. The van der Waals surface area contributed by atoms with Gasteiger partial charge in [0.25, 0.3) is 0 Å². The Hall–Kier alpha value is -1.56. The molecule has 1 amide bonds. The zero-order valence-corrected chi connectivity index (χ0v) is 11.9. The fourth-order valence-electron chi connectivity index (χ4n) is 1.54. The van der Waals surface area contributed by atoms with Gasteiger partial charge < -0.3 is 11.1 Å². The summed E-state index contributed by atoms with van der Waals surface area (Å²) in [4.78, 5) is 11.7. The molecule has 106 valence electrons. The van der Waals surface area contributed by atoms with Crippen molar-refractivity contribution in [3.63, 3.8) is 0 Å². The molecule has 0 aliphatic heterocycles. The highest BCUT2D eigenvalue weighted by molar-refractivity contribution is 7.91. The fraction of sp³-hybridized carbons (Fsp3) is 0.462. The second kappa shape index (κ2) is 7.13. The van der Waals surface area contributed by atoms with Gasteiger partial charge in [0.05, 0.1) is 22.9 Å². The molecule has 0 heterocycles. The number of unbranched alkanes of at least 4 members (excludes halogenated alkanes) is 1. The molecule has 6 heteroatoms. The van der Waals surface area contributed by atoms with Crippen LogP contribution in [0.4, 0.5) is 11.4 Å². The second-order valence-electron chi connectivity index (χ2n) is 4.39. The van der Waals surface area contributed by atoms with E-state index in [2.05, 4.69) is 5.32 Å². The van der Waals surface area contributed by atoms with Crippen LogP contribution in [0.1, 0.15) is 26.2 Å². The van der Waals surface area contributed by atoms with Gasteiger partial charge >= 0.3 is 0 Å². The summed E-state index contributed by atoms with van der Waals surface area (Å²) in [6, 6.07) is 6.87. The number of nitrogens with two attached hydrogens (primary N) is 1. The van der Waals surface area contributed by atoms with Crippen molar-refractivity contribution in [1.82, 2.24) is 0 Å². The Morgan fingerprint density at radius 1 is 1.26 bits per heavy atom. The molecule has 1 aromatic rings. The molecule has 0 aliphatic rings. The third-order valence-corrected chi connectivity index (χ3v) is 4.42. The number of nitrogens with one attached hydrogen (secondary N) is 1. The maximum absolute atomic E-state index is 11.7. The van der Waals surface area contributed by atoms with Gasteiger partial charge in [-0.25, -0.2) is 8.42 Å². The Labute approximate surface area is 114 Å².